The summed E-state index contributed by atoms with van der Waals surface area (Å²) in [6.07, 6.45) is 1.14. The van der Waals surface area contributed by atoms with Crippen molar-refractivity contribution in [3.8, 4) is 0 Å². The van der Waals surface area contributed by atoms with E-state index < -0.39 is 5.72 Å². The van der Waals surface area contributed by atoms with Gasteiger partial charge in [0.1, 0.15) is 5.82 Å². The molecule has 0 N–H and O–H groups in total. The number of halogens is 1. The van der Waals surface area contributed by atoms with Crippen LogP contribution in [-0.2, 0) is 20.7 Å². The molecule has 0 bridgehead atoms. The van der Waals surface area contributed by atoms with Crippen LogP contribution in [0.25, 0.3) is 0 Å². The highest BCUT2D eigenvalue weighted by Gasteiger charge is 2.62. The number of likely N-dealkylation sites (tertiary alicyclic amines) is 1. The summed E-state index contributed by atoms with van der Waals surface area (Å²) in [7, 11) is 0. The molecular formula is C17H19FN2O3. The summed E-state index contributed by atoms with van der Waals surface area (Å²) in [5.74, 6) is -0.304. The Bertz CT molecular complexity index is 692. The van der Waals surface area contributed by atoms with Crippen LogP contribution in [0.2, 0.25) is 0 Å². The van der Waals surface area contributed by atoms with Gasteiger partial charge in [0.2, 0.25) is 11.8 Å². The van der Waals surface area contributed by atoms with Gasteiger partial charge in [-0.3, -0.25) is 9.59 Å². The van der Waals surface area contributed by atoms with Crippen molar-refractivity contribution in [1.29, 1.82) is 0 Å². The molecule has 2 amide bonds. The number of ether oxygens (including phenoxy) is 1. The van der Waals surface area contributed by atoms with Gasteiger partial charge in [-0.05, 0) is 24.1 Å². The highest BCUT2D eigenvalue weighted by Crippen LogP contribution is 2.45. The Morgan fingerprint density at radius 3 is 3.04 bits per heavy atom. The second kappa shape index (κ2) is 5.03. The molecule has 3 aliphatic rings. The van der Waals surface area contributed by atoms with Crippen LogP contribution in [0.5, 0.6) is 0 Å². The van der Waals surface area contributed by atoms with Gasteiger partial charge in [-0.25, -0.2) is 4.39 Å². The zero-order valence-electron chi connectivity index (χ0n) is 13.0. The fraction of sp³-hybridized carbons (Fsp3) is 0.529. The van der Waals surface area contributed by atoms with Gasteiger partial charge >= 0.3 is 0 Å². The van der Waals surface area contributed by atoms with Crippen LogP contribution in [0.3, 0.4) is 0 Å². The summed E-state index contributed by atoms with van der Waals surface area (Å²) >= 11 is 0. The maximum Gasteiger partial charge on any atom is 0.227 e. The van der Waals surface area contributed by atoms with E-state index in [-0.39, 0.29) is 30.1 Å². The van der Waals surface area contributed by atoms with Crippen molar-refractivity contribution in [2.75, 3.05) is 19.7 Å². The number of amides is 2. The zero-order chi connectivity index (χ0) is 16.2. The van der Waals surface area contributed by atoms with Crippen molar-refractivity contribution in [2.45, 2.75) is 38.0 Å². The van der Waals surface area contributed by atoms with Gasteiger partial charge in [-0.2, -0.15) is 0 Å². The quantitative estimate of drug-likeness (QED) is 0.824. The van der Waals surface area contributed by atoms with Crippen LogP contribution in [0, 0.1) is 12.7 Å². The van der Waals surface area contributed by atoms with Gasteiger partial charge in [0.15, 0.2) is 5.72 Å². The van der Waals surface area contributed by atoms with Crippen LogP contribution in [0.1, 0.15) is 24.0 Å². The molecule has 0 aromatic heterocycles. The first-order valence-electron chi connectivity index (χ1n) is 8.00. The first-order valence-corrected chi connectivity index (χ1v) is 8.00. The Labute approximate surface area is 134 Å². The molecular weight excluding hydrogens is 299 g/mol. The predicted octanol–water partition coefficient (Wildman–Crippen LogP) is 1.24. The molecule has 1 spiro atoms. The van der Waals surface area contributed by atoms with Gasteiger partial charge < -0.3 is 14.5 Å². The fourth-order valence-corrected chi connectivity index (χ4v) is 4.11. The van der Waals surface area contributed by atoms with Crippen LogP contribution in [0.15, 0.2) is 18.2 Å². The minimum atomic E-state index is -0.606. The van der Waals surface area contributed by atoms with Crippen molar-refractivity contribution in [3.63, 3.8) is 0 Å². The average molecular weight is 318 g/mol. The Morgan fingerprint density at radius 2 is 2.26 bits per heavy atom. The van der Waals surface area contributed by atoms with Gasteiger partial charge in [0.25, 0.3) is 0 Å². The molecule has 0 aliphatic carbocycles. The smallest absolute Gasteiger partial charge is 0.227 e. The lowest BCUT2D eigenvalue weighted by Gasteiger charge is -2.31. The van der Waals surface area contributed by atoms with Gasteiger partial charge in [-0.1, -0.05) is 12.1 Å². The largest absolute Gasteiger partial charge is 0.351 e. The van der Waals surface area contributed by atoms with Crippen molar-refractivity contribution in [2.24, 2.45) is 0 Å². The van der Waals surface area contributed by atoms with Crippen molar-refractivity contribution in [3.05, 3.63) is 35.1 Å². The molecule has 3 fully saturated rings. The molecule has 0 unspecified atom stereocenters. The summed E-state index contributed by atoms with van der Waals surface area (Å²) < 4.78 is 19.5. The van der Waals surface area contributed by atoms with E-state index in [9.17, 15) is 14.0 Å². The predicted molar refractivity (Wildman–Crippen MR) is 80.0 cm³/mol. The Morgan fingerprint density at radius 1 is 1.43 bits per heavy atom. The van der Waals surface area contributed by atoms with E-state index in [0.29, 0.717) is 43.7 Å². The van der Waals surface area contributed by atoms with Crippen LogP contribution < -0.4 is 0 Å². The van der Waals surface area contributed by atoms with Crippen LogP contribution >= 0.6 is 0 Å². The number of nitrogens with zero attached hydrogens (tertiary/aromatic N) is 2. The van der Waals surface area contributed by atoms with E-state index in [1.807, 2.05) is 0 Å². The molecule has 3 aliphatic heterocycles. The van der Waals surface area contributed by atoms with E-state index in [0.717, 1.165) is 0 Å². The Hall–Kier alpha value is -1.95. The van der Waals surface area contributed by atoms with Crippen molar-refractivity contribution >= 4 is 11.8 Å². The summed E-state index contributed by atoms with van der Waals surface area (Å²) in [5.41, 5.74) is 0.621. The average Bonchev–Trinajstić information content (AvgIpc) is 3.14. The maximum atomic E-state index is 13.7. The van der Waals surface area contributed by atoms with E-state index >= 15 is 0 Å². The third kappa shape index (κ3) is 2.08. The number of carbonyl (C=O) groups excluding carboxylic acids is 2. The molecule has 3 saturated heterocycles. The molecule has 4 rings (SSSR count). The number of carbonyl (C=O) groups is 2. The van der Waals surface area contributed by atoms with Crippen molar-refractivity contribution in [1.82, 2.24) is 9.80 Å². The SMILES string of the molecule is Cc1ccc(CC(=O)N2CC[C@@]34OCCN3C(=O)C[C@@H]24)cc1F. The fourth-order valence-electron chi connectivity index (χ4n) is 4.11. The van der Waals surface area contributed by atoms with Crippen LogP contribution in [0.4, 0.5) is 4.39 Å². The third-order valence-corrected chi connectivity index (χ3v) is 5.31. The first kappa shape index (κ1) is 14.6. The molecule has 23 heavy (non-hydrogen) atoms. The van der Waals surface area contributed by atoms with Gasteiger partial charge in [0, 0.05) is 19.5 Å². The lowest BCUT2D eigenvalue weighted by atomic mass is 10.1. The highest BCUT2D eigenvalue weighted by molar-refractivity contribution is 5.85. The lowest BCUT2D eigenvalue weighted by molar-refractivity contribution is -0.139. The third-order valence-electron chi connectivity index (χ3n) is 5.31. The zero-order valence-corrected chi connectivity index (χ0v) is 13.0. The minimum absolute atomic E-state index is 0.0615. The monoisotopic (exact) mass is 318 g/mol. The van der Waals surface area contributed by atoms with E-state index in [4.69, 9.17) is 4.74 Å². The minimum Gasteiger partial charge on any atom is -0.351 e. The molecule has 0 radical (unpaired) electrons. The maximum absolute atomic E-state index is 13.7. The standard InChI is InChI=1S/C17H19FN2O3/c1-11-2-3-12(8-13(11)18)9-15(21)19-5-4-17-14(19)10-16(22)20(17)6-7-23-17/h2-3,8,14H,4-7,9-10H2,1H3/t14-,17+/m1/s1. The number of hydrogen-bond donors (Lipinski definition) is 0. The summed E-state index contributed by atoms with van der Waals surface area (Å²) in [6, 6.07) is 4.67. The molecule has 122 valence electrons. The molecule has 3 heterocycles. The van der Waals surface area contributed by atoms with Crippen LogP contribution in [-0.4, -0.2) is 53.1 Å². The Balaban J connectivity index is 1.53. The van der Waals surface area contributed by atoms with Gasteiger partial charge in [-0.15, -0.1) is 0 Å². The van der Waals surface area contributed by atoms with E-state index in [1.165, 1.54) is 6.07 Å². The number of rotatable bonds is 2. The number of aryl methyl sites for hydroxylation is 1. The summed E-state index contributed by atoms with van der Waals surface area (Å²) in [4.78, 5) is 28.3. The second-order valence-electron chi connectivity index (χ2n) is 6.56. The molecule has 1 aromatic rings. The lowest BCUT2D eigenvalue weighted by Crippen LogP contribution is -2.49. The molecule has 6 heteroatoms. The molecule has 0 saturated carbocycles. The van der Waals surface area contributed by atoms with E-state index in [2.05, 4.69) is 0 Å². The molecule has 1 aromatic carbocycles. The Kier molecular flexibility index (Phi) is 3.20. The topological polar surface area (TPSA) is 49.9 Å². The number of benzene rings is 1. The van der Waals surface area contributed by atoms with Crippen molar-refractivity contribution < 1.29 is 18.7 Å². The molecule has 2 atom stereocenters. The summed E-state index contributed by atoms with van der Waals surface area (Å²) in [6.45, 7) is 3.43. The first-order chi connectivity index (χ1) is 11.0. The molecule has 5 nitrogen and oxygen atoms in total. The summed E-state index contributed by atoms with van der Waals surface area (Å²) in [5, 5.41) is 0. The normalized spacial score (nSPS) is 29.1. The highest BCUT2D eigenvalue weighted by atomic mass is 19.1. The number of hydrogen-bond acceptors (Lipinski definition) is 3. The van der Waals surface area contributed by atoms with Gasteiger partial charge in [0.05, 0.1) is 25.5 Å². The second-order valence-corrected chi connectivity index (χ2v) is 6.56. The van der Waals surface area contributed by atoms with E-state index in [1.54, 1.807) is 28.9 Å².